The Balaban J connectivity index is 1.66. The van der Waals surface area contributed by atoms with Gasteiger partial charge in [0.15, 0.2) is 6.61 Å². The fourth-order valence-electron chi connectivity index (χ4n) is 1.94. The monoisotopic (exact) mass is 415 g/mol. The zero-order chi connectivity index (χ0) is 14.8. The SMILES string of the molecule is Cc1nc(COc2c(Br)cc(CNC3CC3)cc2Br)no1. The maximum atomic E-state index is 5.76. The number of benzene rings is 1. The molecule has 1 saturated carbocycles. The molecule has 7 heteroatoms. The number of rotatable bonds is 6. The Morgan fingerprint density at radius 1 is 1.33 bits per heavy atom. The van der Waals surface area contributed by atoms with Gasteiger partial charge in [-0.15, -0.1) is 0 Å². The van der Waals surface area contributed by atoms with Crippen LogP contribution in [0.2, 0.25) is 0 Å². The van der Waals surface area contributed by atoms with Crippen LogP contribution in [0.15, 0.2) is 25.6 Å². The minimum Gasteiger partial charge on any atom is -0.483 e. The van der Waals surface area contributed by atoms with Gasteiger partial charge in [0, 0.05) is 19.5 Å². The maximum absolute atomic E-state index is 5.76. The molecule has 0 aliphatic heterocycles. The van der Waals surface area contributed by atoms with Crippen molar-refractivity contribution in [1.29, 1.82) is 0 Å². The average Bonchev–Trinajstić information content (AvgIpc) is 3.17. The molecule has 1 N–H and O–H groups in total. The molecule has 0 radical (unpaired) electrons. The van der Waals surface area contributed by atoms with Gasteiger partial charge in [-0.25, -0.2) is 0 Å². The van der Waals surface area contributed by atoms with Crippen LogP contribution in [-0.2, 0) is 13.2 Å². The minimum absolute atomic E-state index is 0.272. The number of halogens is 2. The first-order valence-electron chi connectivity index (χ1n) is 6.75. The summed E-state index contributed by atoms with van der Waals surface area (Å²) >= 11 is 7.10. The van der Waals surface area contributed by atoms with Gasteiger partial charge >= 0.3 is 0 Å². The van der Waals surface area contributed by atoms with Gasteiger partial charge in [0.1, 0.15) is 5.75 Å². The molecule has 2 aromatic rings. The molecule has 112 valence electrons. The lowest BCUT2D eigenvalue weighted by atomic mass is 10.2. The zero-order valence-electron chi connectivity index (χ0n) is 11.5. The van der Waals surface area contributed by atoms with Crippen molar-refractivity contribution < 1.29 is 9.26 Å². The molecule has 3 rings (SSSR count). The van der Waals surface area contributed by atoms with Crippen LogP contribution in [0, 0.1) is 6.92 Å². The molecule has 0 spiro atoms. The van der Waals surface area contributed by atoms with E-state index in [1.54, 1.807) is 6.92 Å². The summed E-state index contributed by atoms with van der Waals surface area (Å²) in [7, 11) is 0. The van der Waals surface area contributed by atoms with Crippen molar-refractivity contribution in [2.75, 3.05) is 0 Å². The number of hydrogen-bond acceptors (Lipinski definition) is 5. The number of ether oxygens (including phenoxy) is 1. The van der Waals surface area contributed by atoms with Gasteiger partial charge in [0.2, 0.25) is 11.7 Å². The Bertz CT molecular complexity index is 618. The highest BCUT2D eigenvalue weighted by Gasteiger charge is 2.20. The Labute approximate surface area is 139 Å². The average molecular weight is 417 g/mol. The van der Waals surface area contributed by atoms with E-state index in [-0.39, 0.29) is 6.61 Å². The third-order valence-electron chi connectivity index (χ3n) is 3.15. The van der Waals surface area contributed by atoms with Crippen molar-refractivity contribution in [2.45, 2.75) is 39.0 Å². The quantitative estimate of drug-likeness (QED) is 0.777. The summed E-state index contributed by atoms with van der Waals surface area (Å²) in [5.41, 5.74) is 1.21. The predicted octanol–water partition coefficient (Wildman–Crippen LogP) is 3.73. The lowest BCUT2D eigenvalue weighted by Crippen LogP contribution is -2.15. The van der Waals surface area contributed by atoms with E-state index in [0.717, 1.165) is 21.2 Å². The lowest BCUT2D eigenvalue weighted by Gasteiger charge is -2.11. The van der Waals surface area contributed by atoms with Crippen LogP contribution in [-0.4, -0.2) is 16.2 Å². The van der Waals surface area contributed by atoms with Crippen molar-refractivity contribution in [2.24, 2.45) is 0 Å². The molecule has 1 aliphatic rings. The summed E-state index contributed by atoms with van der Waals surface area (Å²) in [6, 6.07) is 4.83. The normalized spacial score (nSPS) is 14.4. The molecule has 0 atom stereocenters. The Hall–Kier alpha value is -0.920. The second kappa shape index (κ2) is 6.46. The van der Waals surface area contributed by atoms with E-state index in [1.807, 2.05) is 0 Å². The topological polar surface area (TPSA) is 60.2 Å². The van der Waals surface area contributed by atoms with Crippen molar-refractivity contribution >= 4 is 31.9 Å². The molecule has 1 aromatic heterocycles. The van der Waals surface area contributed by atoms with E-state index >= 15 is 0 Å². The minimum atomic E-state index is 0.272. The summed E-state index contributed by atoms with van der Waals surface area (Å²) in [6.07, 6.45) is 2.57. The van der Waals surface area contributed by atoms with Gasteiger partial charge in [-0.05, 0) is 62.4 Å². The second-order valence-corrected chi connectivity index (χ2v) is 6.77. The smallest absolute Gasteiger partial charge is 0.223 e. The van der Waals surface area contributed by atoms with Crippen LogP contribution in [0.25, 0.3) is 0 Å². The molecule has 21 heavy (non-hydrogen) atoms. The van der Waals surface area contributed by atoms with E-state index < -0.39 is 0 Å². The largest absolute Gasteiger partial charge is 0.483 e. The van der Waals surface area contributed by atoms with E-state index in [1.165, 1.54) is 18.4 Å². The summed E-state index contributed by atoms with van der Waals surface area (Å²) in [5, 5.41) is 7.30. The maximum Gasteiger partial charge on any atom is 0.223 e. The van der Waals surface area contributed by atoms with Crippen LogP contribution < -0.4 is 10.1 Å². The molecular formula is C14H15Br2N3O2. The zero-order valence-corrected chi connectivity index (χ0v) is 14.7. The van der Waals surface area contributed by atoms with Crippen molar-refractivity contribution in [3.63, 3.8) is 0 Å². The lowest BCUT2D eigenvalue weighted by molar-refractivity contribution is 0.282. The Morgan fingerprint density at radius 3 is 2.62 bits per heavy atom. The van der Waals surface area contributed by atoms with Gasteiger partial charge in [-0.2, -0.15) is 4.98 Å². The van der Waals surface area contributed by atoms with Crippen LogP contribution in [0.1, 0.15) is 30.1 Å². The third kappa shape index (κ3) is 4.05. The number of aryl methyl sites for hydroxylation is 1. The summed E-state index contributed by atoms with van der Waals surface area (Å²) in [4.78, 5) is 4.12. The molecule has 1 heterocycles. The molecule has 1 fully saturated rings. The summed E-state index contributed by atoms with van der Waals surface area (Å²) < 4.78 is 12.5. The fourth-order valence-corrected chi connectivity index (χ4v) is 3.45. The number of aromatic nitrogens is 2. The first kappa shape index (κ1) is 15.0. The van der Waals surface area contributed by atoms with Gasteiger partial charge < -0.3 is 14.6 Å². The molecule has 0 saturated heterocycles. The second-order valence-electron chi connectivity index (χ2n) is 5.06. The number of nitrogens with zero attached hydrogens (tertiary/aromatic N) is 2. The van der Waals surface area contributed by atoms with Crippen LogP contribution >= 0.6 is 31.9 Å². The highest BCUT2D eigenvalue weighted by atomic mass is 79.9. The Kier molecular flexibility index (Phi) is 4.61. The molecule has 1 aliphatic carbocycles. The molecule has 0 unspecified atom stereocenters. The van der Waals surface area contributed by atoms with Crippen molar-refractivity contribution in [3.05, 3.63) is 38.4 Å². The van der Waals surface area contributed by atoms with E-state index in [0.29, 0.717) is 17.8 Å². The summed E-state index contributed by atoms with van der Waals surface area (Å²) in [6.45, 7) is 2.89. The van der Waals surface area contributed by atoms with Gasteiger partial charge in [0.05, 0.1) is 8.95 Å². The number of hydrogen-bond donors (Lipinski definition) is 1. The Morgan fingerprint density at radius 2 is 2.05 bits per heavy atom. The standard InChI is InChI=1S/C14H15Br2N3O2/c1-8-18-13(19-21-8)7-20-14-11(15)4-9(5-12(14)16)6-17-10-2-3-10/h4-5,10,17H,2-3,6-7H2,1H3. The summed E-state index contributed by atoms with van der Waals surface area (Å²) in [5.74, 6) is 1.81. The number of nitrogens with one attached hydrogen (secondary N) is 1. The highest BCUT2D eigenvalue weighted by Crippen LogP contribution is 2.35. The highest BCUT2D eigenvalue weighted by molar-refractivity contribution is 9.11. The van der Waals surface area contributed by atoms with Crippen molar-refractivity contribution in [1.82, 2.24) is 15.5 Å². The van der Waals surface area contributed by atoms with Gasteiger partial charge in [-0.3, -0.25) is 0 Å². The van der Waals surface area contributed by atoms with Gasteiger partial charge in [0.25, 0.3) is 0 Å². The van der Waals surface area contributed by atoms with Crippen LogP contribution in [0.5, 0.6) is 5.75 Å². The predicted molar refractivity (Wildman–Crippen MR) is 85.1 cm³/mol. The first-order valence-corrected chi connectivity index (χ1v) is 8.33. The van der Waals surface area contributed by atoms with Gasteiger partial charge in [-0.1, -0.05) is 5.16 Å². The van der Waals surface area contributed by atoms with Crippen LogP contribution in [0.3, 0.4) is 0 Å². The van der Waals surface area contributed by atoms with E-state index in [9.17, 15) is 0 Å². The molecule has 5 nitrogen and oxygen atoms in total. The first-order chi connectivity index (χ1) is 10.1. The molecular weight excluding hydrogens is 402 g/mol. The molecule has 1 aromatic carbocycles. The fraction of sp³-hybridized carbons (Fsp3) is 0.429. The van der Waals surface area contributed by atoms with E-state index in [2.05, 4.69) is 59.5 Å². The van der Waals surface area contributed by atoms with E-state index in [4.69, 9.17) is 9.26 Å². The third-order valence-corrected chi connectivity index (χ3v) is 4.32. The molecule has 0 bridgehead atoms. The van der Waals surface area contributed by atoms with Crippen molar-refractivity contribution in [3.8, 4) is 5.75 Å². The molecule has 0 amide bonds. The van der Waals surface area contributed by atoms with Crippen LogP contribution in [0.4, 0.5) is 0 Å².